The van der Waals surface area contributed by atoms with Crippen LogP contribution in [0.15, 0.2) is 54.6 Å². The van der Waals surface area contributed by atoms with Crippen molar-refractivity contribution >= 4 is 81.2 Å². The van der Waals surface area contributed by atoms with Gasteiger partial charge in [0.15, 0.2) is 0 Å². The maximum Gasteiger partial charge on any atom is 0.471 e. The van der Waals surface area contributed by atoms with Gasteiger partial charge in [-0.1, -0.05) is 29.3 Å². The van der Waals surface area contributed by atoms with Crippen LogP contribution in [0.3, 0.4) is 0 Å². The van der Waals surface area contributed by atoms with E-state index in [1.54, 1.807) is 0 Å². The smallest absolute Gasteiger partial charge is 0.326 e. The second kappa shape index (κ2) is 11.0. The van der Waals surface area contributed by atoms with Crippen molar-refractivity contribution in [3.8, 4) is 0 Å². The average molecular weight is 641 g/mol. The molecule has 0 heterocycles. The van der Waals surface area contributed by atoms with Gasteiger partial charge in [0, 0.05) is 17.3 Å². The Morgan fingerprint density at radius 2 is 1.40 bits per heavy atom. The summed E-state index contributed by atoms with van der Waals surface area (Å²) in [5, 5.41) is 6.04. The summed E-state index contributed by atoms with van der Waals surface area (Å²) >= 11 is 24.5. The first-order valence-electron chi connectivity index (χ1n) is 11.0. The first-order chi connectivity index (χ1) is 18.6. The third-order valence-corrected chi connectivity index (χ3v) is 7.41. The minimum atomic E-state index is -5.26. The fourth-order valence-electron chi connectivity index (χ4n) is 3.86. The molecular formula is C25H14Cl4F5N3O3. The van der Waals surface area contributed by atoms with E-state index in [0.717, 1.165) is 24.3 Å². The van der Waals surface area contributed by atoms with Crippen molar-refractivity contribution in [3.05, 3.63) is 87.4 Å². The fraction of sp³-hybridized carbons (Fsp3) is 0.160. The van der Waals surface area contributed by atoms with Crippen LogP contribution in [0, 0.1) is 17.6 Å². The summed E-state index contributed by atoms with van der Waals surface area (Å²) in [6.45, 7) is 0. The Morgan fingerprint density at radius 1 is 0.775 bits per heavy atom. The highest BCUT2D eigenvalue weighted by Crippen LogP contribution is 2.65. The first kappa shape index (κ1) is 29.9. The van der Waals surface area contributed by atoms with Gasteiger partial charge in [-0.3, -0.25) is 14.4 Å². The van der Waals surface area contributed by atoms with E-state index in [4.69, 9.17) is 46.4 Å². The maximum atomic E-state index is 13.9. The molecule has 3 amide bonds. The topological polar surface area (TPSA) is 87.3 Å². The van der Waals surface area contributed by atoms with E-state index in [2.05, 4.69) is 10.6 Å². The molecule has 3 aromatic carbocycles. The van der Waals surface area contributed by atoms with Gasteiger partial charge in [-0.05, 0) is 54.1 Å². The van der Waals surface area contributed by atoms with Crippen LogP contribution in [-0.2, 0) is 9.59 Å². The number of anilines is 3. The highest BCUT2D eigenvalue weighted by molar-refractivity contribution is 6.53. The lowest BCUT2D eigenvalue weighted by Crippen LogP contribution is -2.30. The summed E-state index contributed by atoms with van der Waals surface area (Å²) in [6.07, 6.45) is -5.26. The molecule has 1 fully saturated rings. The van der Waals surface area contributed by atoms with Gasteiger partial charge in [0.2, 0.25) is 5.91 Å². The van der Waals surface area contributed by atoms with Crippen LogP contribution in [0.1, 0.15) is 21.8 Å². The van der Waals surface area contributed by atoms with E-state index < -0.39 is 57.4 Å². The zero-order chi connectivity index (χ0) is 29.6. The minimum Gasteiger partial charge on any atom is -0.326 e. The molecular weight excluding hydrogens is 627 g/mol. The van der Waals surface area contributed by atoms with Crippen molar-refractivity contribution in [1.29, 1.82) is 0 Å². The number of benzene rings is 3. The molecule has 4 rings (SSSR count). The Kier molecular flexibility index (Phi) is 8.24. The quantitative estimate of drug-likeness (QED) is 0.192. The third kappa shape index (κ3) is 6.27. The molecule has 3 aromatic rings. The zero-order valence-corrected chi connectivity index (χ0v) is 22.5. The Labute approximate surface area is 242 Å². The largest absolute Gasteiger partial charge is 0.471 e. The summed E-state index contributed by atoms with van der Waals surface area (Å²) in [4.78, 5) is 36.9. The summed E-state index contributed by atoms with van der Waals surface area (Å²) in [5.74, 6) is -7.36. The molecule has 0 radical (unpaired) electrons. The molecule has 1 aliphatic rings. The molecule has 6 nitrogen and oxygen atoms in total. The second-order valence-corrected chi connectivity index (χ2v) is 10.8. The number of hydrogen-bond acceptors (Lipinski definition) is 3. The number of halogens is 9. The Morgan fingerprint density at radius 3 is 2.05 bits per heavy atom. The lowest BCUT2D eigenvalue weighted by Gasteiger charge is -2.12. The predicted octanol–water partition coefficient (Wildman–Crippen LogP) is 7.55. The number of alkyl halides is 5. The van der Waals surface area contributed by atoms with Crippen molar-refractivity contribution in [2.24, 2.45) is 5.92 Å². The highest BCUT2D eigenvalue weighted by Gasteiger charge is 2.67. The van der Waals surface area contributed by atoms with E-state index >= 15 is 0 Å². The van der Waals surface area contributed by atoms with Crippen LogP contribution in [0.25, 0.3) is 0 Å². The van der Waals surface area contributed by atoms with Gasteiger partial charge in [0.25, 0.3) is 5.91 Å². The number of carbonyl (C=O) groups excluding carboxylic acids is 3. The van der Waals surface area contributed by atoms with E-state index in [1.165, 1.54) is 35.6 Å². The van der Waals surface area contributed by atoms with Crippen LogP contribution in [0.5, 0.6) is 0 Å². The number of nitrogens with one attached hydrogen (secondary N) is 3. The van der Waals surface area contributed by atoms with Crippen molar-refractivity contribution < 1.29 is 36.3 Å². The average Bonchev–Trinajstić information content (AvgIpc) is 3.45. The normalized spacial score (nSPS) is 17.6. The van der Waals surface area contributed by atoms with Crippen molar-refractivity contribution in [2.75, 3.05) is 16.0 Å². The molecule has 1 saturated carbocycles. The van der Waals surface area contributed by atoms with Crippen LogP contribution in [-0.4, -0.2) is 28.2 Å². The van der Waals surface area contributed by atoms with Crippen molar-refractivity contribution in [1.82, 2.24) is 0 Å². The number of hydrogen-bond donors (Lipinski definition) is 3. The molecule has 40 heavy (non-hydrogen) atoms. The summed E-state index contributed by atoms with van der Waals surface area (Å²) in [6, 6.07) is 10.3. The molecule has 0 aliphatic heterocycles. The first-order valence-corrected chi connectivity index (χ1v) is 12.5. The summed E-state index contributed by atoms with van der Waals surface area (Å²) in [7, 11) is 0. The van der Waals surface area contributed by atoms with Crippen LogP contribution >= 0.6 is 46.4 Å². The molecule has 2 atom stereocenters. The van der Waals surface area contributed by atoms with Gasteiger partial charge in [-0.2, -0.15) is 13.2 Å². The van der Waals surface area contributed by atoms with E-state index in [9.17, 15) is 36.3 Å². The van der Waals surface area contributed by atoms with Crippen molar-refractivity contribution in [3.63, 3.8) is 0 Å². The Hall–Kier alpha value is -3.12. The van der Waals surface area contributed by atoms with E-state index in [1.807, 2.05) is 0 Å². The van der Waals surface area contributed by atoms with Gasteiger partial charge >= 0.3 is 12.1 Å². The predicted molar refractivity (Wildman–Crippen MR) is 141 cm³/mol. The summed E-state index contributed by atoms with van der Waals surface area (Å²) in [5.41, 5.74) is -0.589. The summed E-state index contributed by atoms with van der Waals surface area (Å²) < 4.78 is 63.5. The third-order valence-electron chi connectivity index (χ3n) is 5.85. The maximum absolute atomic E-state index is 13.9. The molecule has 1 aliphatic carbocycles. The number of carbonyl (C=O) groups is 3. The van der Waals surface area contributed by atoms with E-state index in [-0.39, 0.29) is 27.0 Å². The minimum absolute atomic E-state index is 0.0579. The van der Waals surface area contributed by atoms with Gasteiger partial charge in [0.05, 0.1) is 27.2 Å². The molecule has 0 aromatic heterocycles. The fourth-order valence-corrected chi connectivity index (χ4v) is 5.08. The monoisotopic (exact) mass is 639 g/mol. The molecule has 0 saturated heterocycles. The lowest BCUT2D eigenvalue weighted by molar-refractivity contribution is -0.167. The molecule has 3 N–H and O–H groups in total. The zero-order valence-electron chi connectivity index (χ0n) is 19.5. The second-order valence-electron chi connectivity index (χ2n) is 8.59. The number of rotatable bonds is 6. The highest BCUT2D eigenvalue weighted by atomic mass is 35.5. The molecule has 15 heteroatoms. The van der Waals surface area contributed by atoms with Crippen molar-refractivity contribution in [2.45, 2.75) is 16.4 Å². The van der Waals surface area contributed by atoms with Gasteiger partial charge in [-0.25, -0.2) is 8.78 Å². The van der Waals surface area contributed by atoms with Crippen LogP contribution < -0.4 is 16.0 Å². The Bertz CT molecular complexity index is 1530. The SMILES string of the molecule is O=C(Nc1ccc(F)c(NC(=O)C(F)(F)F)c1)c1cc(NC(=O)[C@H]2[C@H](c3ccc(F)c(Cl)c3)C2(Cl)Cl)ccc1Cl. The lowest BCUT2D eigenvalue weighted by atomic mass is 10.1. The van der Waals surface area contributed by atoms with Gasteiger partial charge in [0.1, 0.15) is 16.0 Å². The molecule has 0 bridgehead atoms. The van der Waals surface area contributed by atoms with E-state index in [0.29, 0.717) is 5.56 Å². The molecule has 210 valence electrons. The van der Waals surface area contributed by atoms with Crippen LogP contribution in [0.2, 0.25) is 10.0 Å². The van der Waals surface area contributed by atoms with Gasteiger partial charge < -0.3 is 16.0 Å². The Balaban J connectivity index is 1.48. The molecule has 0 spiro atoms. The number of amides is 3. The molecule has 0 unspecified atom stereocenters. The van der Waals surface area contributed by atoms with Crippen LogP contribution in [0.4, 0.5) is 39.0 Å². The van der Waals surface area contributed by atoms with Gasteiger partial charge in [-0.15, -0.1) is 23.2 Å². The standard InChI is InChI=1S/C25H14Cl4F5N3O3/c26-14-4-2-11(36-22(39)20-19(24(20,28)29)10-1-5-16(30)15(27)7-10)8-13(14)21(38)35-12-3-6-17(31)18(9-12)37-23(40)25(32,33)34/h1-9,19-20H,(H,35,38)(H,36,39)(H,37,40)/t19-,20+/m0/s1.